The lowest BCUT2D eigenvalue weighted by atomic mass is 10.2. The maximum absolute atomic E-state index is 12.2. The van der Waals surface area contributed by atoms with E-state index in [1.54, 1.807) is 6.07 Å². The first-order valence-corrected chi connectivity index (χ1v) is 11.7. The Hall–Kier alpha value is -3.99. The minimum Gasteiger partial charge on any atom is -0.380 e. The zero-order valence-corrected chi connectivity index (χ0v) is 19.6. The van der Waals surface area contributed by atoms with Crippen molar-refractivity contribution in [2.24, 2.45) is 0 Å². The molecular weight excluding hydrogens is 450 g/mol. The van der Waals surface area contributed by atoms with E-state index in [4.69, 9.17) is 9.26 Å². The molecule has 4 rings (SSSR count). The van der Waals surface area contributed by atoms with Crippen LogP contribution in [0.2, 0.25) is 0 Å². The van der Waals surface area contributed by atoms with Crippen molar-refractivity contribution in [3.8, 4) is 11.5 Å². The number of rotatable bonds is 13. The van der Waals surface area contributed by atoms with Crippen LogP contribution in [0, 0.1) is 0 Å². The molecule has 11 nitrogen and oxygen atoms in total. The number of benzene rings is 1. The highest BCUT2D eigenvalue weighted by Crippen LogP contribution is 2.18. The summed E-state index contributed by atoms with van der Waals surface area (Å²) in [5.41, 5.74) is 0.628. The van der Waals surface area contributed by atoms with Crippen LogP contribution >= 0.6 is 0 Å². The third-order valence-corrected chi connectivity index (χ3v) is 5.44. The molecule has 4 aromatic rings. The van der Waals surface area contributed by atoms with Crippen LogP contribution < -0.4 is 16.2 Å². The van der Waals surface area contributed by atoms with E-state index in [0.717, 1.165) is 11.1 Å². The Morgan fingerprint density at radius 3 is 2.89 bits per heavy atom. The molecule has 3 N–H and O–H groups in total. The number of ether oxygens (including phenoxy) is 1. The van der Waals surface area contributed by atoms with Crippen LogP contribution in [0.1, 0.15) is 25.7 Å². The molecule has 184 valence electrons. The molecular formula is C24H29N7O4. The van der Waals surface area contributed by atoms with Crippen molar-refractivity contribution in [1.82, 2.24) is 30.2 Å². The van der Waals surface area contributed by atoms with E-state index >= 15 is 0 Å². The number of carbonyl (C=O) groups is 1. The Labute approximate surface area is 201 Å². The summed E-state index contributed by atoms with van der Waals surface area (Å²) in [6, 6.07) is 11.1. The predicted octanol–water partition coefficient (Wildman–Crippen LogP) is 2.36. The summed E-state index contributed by atoms with van der Waals surface area (Å²) >= 11 is 0. The molecule has 0 saturated heterocycles. The van der Waals surface area contributed by atoms with Crippen molar-refractivity contribution in [1.29, 1.82) is 0 Å². The lowest BCUT2D eigenvalue weighted by Gasteiger charge is -2.08. The topological polar surface area (TPSA) is 140 Å². The van der Waals surface area contributed by atoms with Gasteiger partial charge in [-0.05, 0) is 31.5 Å². The van der Waals surface area contributed by atoms with E-state index in [-0.39, 0.29) is 17.9 Å². The first-order valence-electron chi connectivity index (χ1n) is 11.7. The number of nitrogens with one attached hydrogen (secondary N) is 3. The van der Waals surface area contributed by atoms with Gasteiger partial charge in [0.05, 0.1) is 17.7 Å². The van der Waals surface area contributed by atoms with Gasteiger partial charge in [-0.3, -0.25) is 9.59 Å². The standard InChI is InChI=1S/C24H29N7O4/c1-2-34-16-15-31-14-5-9-19(31)23-27-21(35-30-23)11-10-20(32)25-12-6-13-26-22-17-7-3-4-8-18(17)24(33)29-28-22/h3-5,7-9,14H,2,6,10-13,15-16H2,1H3,(H,25,32)(H,26,28)(H,29,33). The fourth-order valence-corrected chi connectivity index (χ4v) is 3.66. The number of aryl methyl sites for hydroxylation is 1. The average molecular weight is 480 g/mol. The second-order valence-corrected chi connectivity index (χ2v) is 7.87. The molecule has 3 aromatic heterocycles. The first-order chi connectivity index (χ1) is 17.2. The highest BCUT2D eigenvalue weighted by Gasteiger charge is 2.13. The first kappa shape index (κ1) is 24.1. The van der Waals surface area contributed by atoms with Gasteiger partial charge in [-0.2, -0.15) is 10.1 Å². The van der Waals surface area contributed by atoms with Crippen molar-refractivity contribution in [3.63, 3.8) is 0 Å². The number of nitrogens with zero attached hydrogens (tertiary/aromatic N) is 4. The van der Waals surface area contributed by atoms with E-state index < -0.39 is 0 Å². The van der Waals surface area contributed by atoms with Crippen molar-refractivity contribution in [2.45, 2.75) is 32.7 Å². The minimum atomic E-state index is -0.220. The largest absolute Gasteiger partial charge is 0.380 e. The van der Waals surface area contributed by atoms with Crippen LogP contribution in [0.4, 0.5) is 5.82 Å². The molecule has 0 atom stereocenters. The van der Waals surface area contributed by atoms with Gasteiger partial charge in [0.15, 0.2) is 5.82 Å². The van der Waals surface area contributed by atoms with Crippen molar-refractivity contribution in [3.05, 3.63) is 58.8 Å². The normalized spacial score (nSPS) is 11.1. The van der Waals surface area contributed by atoms with Gasteiger partial charge in [0.25, 0.3) is 5.56 Å². The highest BCUT2D eigenvalue weighted by atomic mass is 16.5. The molecule has 0 aliphatic heterocycles. The molecule has 0 aliphatic carbocycles. The van der Waals surface area contributed by atoms with Gasteiger partial charge in [0, 0.05) is 50.7 Å². The second kappa shape index (κ2) is 11.9. The molecule has 1 amide bonds. The van der Waals surface area contributed by atoms with Gasteiger partial charge < -0.3 is 24.5 Å². The van der Waals surface area contributed by atoms with Gasteiger partial charge in [0.1, 0.15) is 0 Å². The number of aromatic amines is 1. The second-order valence-electron chi connectivity index (χ2n) is 7.87. The van der Waals surface area contributed by atoms with Crippen LogP contribution in [-0.2, 0) is 22.5 Å². The number of amides is 1. The summed E-state index contributed by atoms with van der Waals surface area (Å²) < 4.78 is 12.7. The van der Waals surface area contributed by atoms with E-state index in [1.807, 2.05) is 48.0 Å². The van der Waals surface area contributed by atoms with Crippen molar-refractivity contribution in [2.75, 3.05) is 31.6 Å². The molecule has 0 unspecified atom stereocenters. The molecule has 0 spiro atoms. The lowest BCUT2D eigenvalue weighted by molar-refractivity contribution is -0.121. The quantitative estimate of drug-likeness (QED) is 0.248. The molecule has 11 heteroatoms. The van der Waals surface area contributed by atoms with Crippen LogP contribution in [-0.4, -0.2) is 57.1 Å². The zero-order chi connectivity index (χ0) is 24.5. The molecule has 0 bridgehead atoms. The Balaban J connectivity index is 1.18. The maximum Gasteiger partial charge on any atom is 0.272 e. The van der Waals surface area contributed by atoms with Crippen LogP contribution in [0.3, 0.4) is 0 Å². The van der Waals surface area contributed by atoms with Gasteiger partial charge in [-0.25, -0.2) is 5.10 Å². The lowest BCUT2D eigenvalue weighted by Crippen LogP contribution is -2.26. The monoisotopic (exact) mass is 479 g/mol. The van der Waals surface area contributed by atoms with Gasteiger partial charge >= 0.3 is 0 Å². The Morgan fingerprint density at radius 1 is 1.17 bits per heavy atom. The molecule has 0 fully saturated rings. The number of aromatic nitrogens is 5. The minimum absolute atomic E-state index is 0.0857. The SMILES string of the molecule is CCOCCn1cccc1-c1noc(CCC(=O)NCCCNc2n[nH]c(=O)c3ccccc23)n1. The Bertz CT molecular complexity index is 1310. The number of hydrogen-bond donors (Lipinski definition) is 3. The summed E-state index contributed by atoms with van der Waals surface area (Å²) in [6.07, 6.45) is 3.27. The Morgan fingerprint density at radius 2 is 2.03 bits per heavy atom. The van der Waals surface area contributed by atoms with E-state index in [1.165, 1.54) is 0 Å². The highest BCUT2D eigenvalue weighted by molar-refractivity contribution is 5.90. The van der Waals surface area contributed by atoms with Crippen LogP contribution in [0.15, 0.2) is 51.9 Å². The molecule has 0 aliphatic rings. The van der Waals surface area contributed by atoms with Crippen LogP contribution in [0.25, 0.3) is 22.3 Å². The predicted molar refractivity (Wildman–Crippen MR) is 131 cm³/mol. The fraction of sp³-hybridized carbons (Fsp3) is 0.375. The number of fused-ring (bicyclic) bond motifs is 1. The number of carbonyl (C=O) groups excluding carboxylic acids is 1. The van der Waals surface area contributed by atoms with Gasteiger partial charge in [-0.15, -0.1) is 0 Å². The zero-order valence-electron chi connectivity index (χ0n) is 19.6. The fourth-order valence-electron chi connectivity index (χ4n) is 3.66. The third-order valence-electron chi connectivity index (χ3n) is 5.44. The maximum atomic E-state index is 12.2. The van der Waals surface area contributed by atoms with Gasteiger partial charge in [0.2, 0.25) is 17.6 Å². The molecule has 0 saturated carbocycles. The molecule has 1 aromatic carbocycles. The summed E-state index contributed by atoms with van der Waals surface area (Å²) in [4.78, 5) is 28.5. The number of anilines is 1. The summed E-state index contributed by atoms with van der Waals surface area (Å²) in [6.45, 7) is 5.05. The molecule has 35 heavy (non-hydrogen) atoms. The summed E-state index contributed by atoms with van der Waals surface area (Å²) in [7, 11) is 0. The van der Waals surface area contributed by atoms with E-state index in [9.17, 15) is 9.59 Å². The average Bonchev–Trinajstić information content (AvgIpc) is 3.53. The van der Waals surface area contributed by atoms with Crippen molar-refractivity contribution >= 4 is 22.5 Å². The van der Waals surface area contributed by atoms with Crippen LogP contribution in [0.5, 0.6) is 0 Å². The summed E-state index contributed by atoms with van der Waals surface area (Å²) in [5.74, 6) is 1.45. The third kappa shape index (κ3) is 6.33. The van der Waals surface area contributed by atoms with Crippen molar-refractivity contribution < 1.29 is 14.1 Å². The van der Waals surface area contributed by atoms with E-state index in [0.29, 0.717) is 68.6 Å². The number of hydrogen-bond acceptors (Lipinski definition) is 8. The van der Waals surface area contributed by atoms with E-state index in [2.05, 4.69) is 31.0 Å². The molecule has 3 heterocycles. The number of H-pyrrole nitrogens is 1. The Kier molecular flexibility index (Phi) is 8.23. The van der Waals surface area contributed by atoms with Gasteiger partial charge in [-0.1, -0.05) is 23.4 Å². The molecule has 0 radical (unpaired) electrons. The smallest absolute Gasteiger partial charge is 0.272 e. The summed E-state index contributed by atoms with van der Waals surface area (Å²) in [5, 5.41) is 18.1.